The summed E-state index contributed by atoms with van der Waals surface area (Å²) in [6.07, 6.45) is 0.511. The van der Waals surface area contributed by atoms with E-state index in [1.807, 2.05) is 6.92 Å². The fourth-order valence-corrected chi connectivity index (χ4v) is 2.23. The summed E-state index contributed by atoms with van der Waals surface area (Å²) in [7, 11) is 0. The van der Waals surface area contributed by atoms with Crippen molar-refractivity contribution in [3.8, 4) is 5.75 Å². The van der Waals surface area contributed by atoms with Crippen molar-refractivity contribution in [1.29, 1.82) is 0 Å². The Hall–Kier alpha value is -1.75. The maximum Gasteiger partial charge on any atom is 0.311 e. The van der Waals surface area contributed by atoms with Gasteiger partial charge in [-0.25, -0.2) is 0 Å². The molecule has 1 aliphatic carbocycles. The number of benzene rings is 1. The fraction of sp³-hybridized carbons (Fsp3) is 0.467. The second-order valence-corrected chi connectivity index (χ2v) is 5.91. The lowest BCUT2D eigenvalue weighted by molar-refractivity contribution is -0.143. The Morgan fingerprint density at radius 3 is 2.67 bits per heavy atom. The highest BCUT2D eigenvalue weighted by Gasteiger charge is 2.50. The summed E-state index contributed by atoms with van der Waals surface area (Å²) in [6.45, 7) is 3.62. The molecule has 21 heavy (non-hydrogen) atoms. The van der Waals surface area contributed by atoms with Crippen molar-refractivity contribution >= 4 is 23.5 Å². The molecule has 1 amide bonds. The van der Waals surface area contributed by atoms with Crippen molar-refractivity contribution < 1.29 is 19.4 Å². The highest BCUT2D eigenvalue weighted by molar-refractivity contribution is 6.30. The molecule has 6 heteroatoms. The maximum atomic E-state index is 12.0. The van der Waals surface area contributed by atoms with E-state index in [-0.39, 0.29) is 12.5 Å². The summed E-state index contributed by atoms with van der Waals surface area (Å²) >= 11 is 5.86. The van der Waals surface area contributed by atoms with Gasteiger partial charge in [0.2, 0.25) is 0 Å². The molecule has 0 aromatic heterocycles. The first-order valence-corrected chi connectivity index (χ1v) is 7.16. The van der Waals surface area contributed by atoms with E-state index in [2.05, 4.69) is 5.32 Å². The van der Waals surface area contributed by atoms with E-state index in [1.54, 1.807) is 25.1 Å². The predicted octanol–water partition coefficient (Wildman–Crippen LogP) is 2.40. The zero-order chi connectivity index (χ0) is 15.6. The molecule has 1 fully saturated rings. The summed E-state index contributed by atoms with van der Waals surface area (Å²) in [5.74, 6) is -0.594. The summed E-state index contributed by atoms with van der Waals surface area (Å²) in [5, 5.41) is 12.3. The van der Waals surface area contributed by atoms with Gasteiger partial charge in [-0.15, -0.1) is 0 Å². The number of carboxylic acid groups (broad SMARTS) is 1. The van der Waals surface area contributed by atoms with Gasteiger partial charge in [-0.1, -0.05) is 11.6 Å². The standard InChI is InChI=1S/C15H18ClNO4/c1-9-7-11(16)3-4-12(9)21-10(2)13(18)17-8-15(5-6-15)14(19)20/h3-4,7,10H,5-6,8H2,1-2H3,(H,17,18)(H,19,20). The topological polar surface area (TPSA) is 75.6 Å². The van der Waals surface area contributed by atoms with Crippen LogP contribution in [0.1, 0.15) is 25.3 Å². The van der Waals surface area contributed by atoms with Gasteiger partial charge in [-0.3, -0.25) is 9.59 Å². The van der Waals surface area contributed by atoms with Crippen LogP contribution in [-0.2, 0) is 9.59 Å². The molecule has 1 aromatic carbocycles. The zero-order valence-electron chi connectivity index (χ0n) is 12.0. The Balaban J connectivity index is 1.89. The predicted molar refractivity (Wildman–Crippen MR) is 78.6 cm³/mol. The number of aliphatic carboxylic acids is 1. The molecule has 1 saturated carbocycles. The molecule has 0 aliphatic heterocycles. The van der Waals surface area contributed by atoms with Gasteiger partial charge in [-0.2, -0.15) is 0 Å². The minimum Gasteiger partial charge on any atom is -0.481 e. The average Bonchev–Trinajstić information content (AvgIpc) is 3.20. The van der Waals surface area contributed by atoms with Crippen LogP contribution in [0, 0.1) is 12.3 Å². The number of nitrogens with one attached hydrogen (secondary N) is 1. The quantitative estimate of drug-likeness (QED) is 0.846. The number of halogens is 1. The summed E-state index contributed by atoms with van der Waals surface area (Å²) < 4.78 is 5.59. The van der Waals surface area contributed by atoms with Crippen LogP contribution in [0.3, 0.4) is 0 Å². The first-order chi connectivity index (χ1) is 9.84. The molecule has 0 saturated heterocycles. The van der Waals surface area contributed by atoms with Crippen molar-refractivity contribution in [3.63, 3.8) is 0 Å². The first-order valence-electron chi connectivity index (χ1n) is 6.78. The first kappa shape index (κ1) is 15.6. The molecule has 0 spiro atoms. The van der Waals surface area contributed by atoms with Crippen LogP contribution in [0.25, 0.3) is 0 Å². The van der Waals surface area contributed by atoms with Gasteiger partial charge in [-0.05, 0) is 50.5 Å². The van der Waals surface area contributed by atoms with Gasteiger partial charge >= 0.3 is 5.97 Å². The number of ether oxygens (including phenoxy) is 1. The molecule has 1 unspecified atom stereocenters. The molecule has 2 N–H and O–H groups in total. The third-order valence-electron chi connectivity index (χ3n) is 3.72. The van der Waals surface area contributed by atoms with Crippen LogP contribution in [0.4, 0.5) is 0 Å². The Labute approximate surface area is 128 Å². The second-order valence-electron chi connectivity index (χ2n) is 5.47. The molecular formula is C15H18ClNO4. The van der Waals surface area contributed by atoms with Crippen LogP contribution in [0.15, 0.2) is 18.2 Å². The lowest BCUT2D eigenvalue weighted by Gasteiger charge is -2.18. The van der Waals surface area contributed by atoms with Crippen molar-refractivity contribution in [2.75, 3.05) is 6.54 Å². The molecule has 114 valence electrons. The monoisotopic (exact) mass is 311 g/mol. The molecule has 1 atom stereocenters. The Morgan fingerprint density at radius 2 is 2.14 bits per heavy atom. The van der Waals surface area contributed by atoms with E-state index in [0.29, 0.717) is 23.6 Å². The molecule has 0 heterocycles. The van der Waals surface area contributed by atoms with Gasteiger partial charge in [0.05, 0.1) is 5.41 Å². The van der Waals surface area contributed by atoms with Crippen LogP contribution in [-0.4, -0.2) is 29.6 Å². The molecular weight excluding hydrogens is 294 g/mol. The van der Waals surface area contributed by atoms with Crippen molar-refractivity contribution in [2.24, 2.45) is 5.41 Å². The van der Waals surface area contributed by atoms with Crippen LogP contribution < -0.4 is 10.1 Å². The van der Waals surface area contributed by atoms with Gasteiger partial charge in [0.15, 0.2) is 6.10 Å². The highest BCUT2D eigenvalue weighted by Crippen LogP contribution is 2.45. The zero-order valence-corrected chi connectivity index (χ0v) is 12.7. The molecule has 1 aromatic rings. The fourth-order valence-electron chi connectivity index (χ4n) is 2.01. The van der Waals surface area contributed by atoms with Gasteiger partial charge in [0, 0.05) is 11.6 Å². The molecule has 2 rings (SSSR count). The normalized spacial score (nSPS) is 16.9. The number of carbonyl (C=O) groups is 2. The number of hydrogen-bond donors (Lipinski definition) is 2. The number of rotatable bonds is 6. The van der Waals surface area contributed by atoms with Crippen LogP contribution >= 0.6 is 11.6 Å². The third kappa shape index (κ3) is 3.67. The highest BCUT2D eigenvalue weighted by atomic mass is 35.5. The van der Waals surface area contributed by atoms with Gasteiger partial charge in [0.25, 0.3) is 5.91 Å². The smallest absolute Gasteiger partial charge is 0.311 e. The summed E-state index contributed by atoms with van der Waals surface area (Å²) in [4.78, 5) is 23.0. The number of amides is 1. The van der Waals surface area contributed by atoms with Crippen LogP contribution in [0.2, 0.25) is 5.02 Å². The minimum atomic E-state index is -0.857. The summed E-state index contributed by atoms with van der Waals surface area (Å²) in [5.41, 5.74) is 0.0670. The van der Waals surface area contributed by atoms with Crippen molar-refractivity contribution in [1.82, 2.24) is 5.32 Å². The van der Waals surface area contributed by atoms with E-state index < -0.39 is 17.5 Å². The Morgan fingerprint density at radius 1 is 1.48 bits per heavy atom. The Bertz CT molecular complexity index is 569. The van der Waals surface area contributed by atoms with E-state index in [4.69, 9.17) is 21.4 Å². The van der Waals surface area contributed by atoms with E-state index in [1.165, 1.54) is 0 Å². The molecule has 0 bridgehead atoms. The number of hydrogen-bond acceptors (Lipinski definition) is 3. The SMILES string of the molecule is Cc1cc(Cl)ccc1OC(C)C(=O)NCC1(C(=O)O)CC1. The number of carbonyl (C=O) groups excluding carboxylic acids is 1. The van der Waals surface area contributed by atoms with E-state index in [0.717, 1.165) is 5.56 Å². The Kier molecular flexibility index (Phi) is 4.42. The number of aryl methyl sites for hydroxylation is 1. The number of carboxylic acids is 1. The molecule has 1 aliphatic rings. The van der Waals surface area contributed by atoms with Gasteiger partial charge < -0.3 is 15.2 Å². The van der Waals surface area contributed by atoms with Crippen molar-refractivity contribution in [2.45, 2.75) is 32.8 Å². The molecule has 5 nitrogen and oxygen atoms in total. The average molecular weight is 312 g/mol. The molecule has 0 radical (unpaired) electrons. The minimum absolute atomic E-state index is 0.147. The van der Waals surface area contributed by atoms with Gasteiger partial charge in [0.1, 0.15) is 5.75 Å². The van der Waals surface area contributed by atoms with E-state index in [9.17, 15) is 9.59 Å². The largest absolute Gasteiger partial charge is 0.481 e. The second kappa shape index (κ2) is 5.93. The maximum absolute atomic E-state index is 12.0. The van der Waals surface area contributed by atoms with Crippen LogP contribution in [0.5, 0.6) is 5.75 Å². The summed E-state index contributed by atoms with van der Waals surface area (Å²) in [6, 6.07) is 5.16. The van der Waals surface area contributed by atoms with Crippen molar-refractivity contribution in [3.05, 3.63) is 28.8 Å². The lowest BCUT2D eigenvalue weighted by atomic mass is 10.1. The third-order valence-corrected chi connectivity index (χ3v) is 3.95. The van der Waals surface area contributed by atoms with E-state index >= 15 is 0 Å². The lowest BCUT2D eigenvalue weighted by Crippen LogP contribution is -2.41.